The number of amides is 1. The van der Waals surface area contributed by atoms with Gasteiger partial charge in [-0.1, -0.05) is 12.1 Å². The Hall–Kier alpha value is -1.89. The maximum Gasteiger partial charge on any atom is 0.221 e. The highest BCUT2D eigenvalue weighted by Gasteiger charge is 2.00. The fraction of sp³-hybridized carbons (Fsp3) is 0.333. The van der Waals surface area contributed by atoms with Crippen LogP contribution in [-0.4, -0.2) is 12.5 Å². The van der Waals surface area contributed by atoms with Gasteiger partial charge in [-0.3, -0.25) is 4.79 Å². The zero-order valence-corrected chi connectivity index (χ0v) is 8.87. The summed E-state index contributed by atoms with van der Waals surface area (Å²) in [5.41, 5.74) is 0.974. The van der Waals surface area contributed by atoms with Gasteiger partial charge in [0.15, 0.2) is 0 Å². The van der Waals surface area contributed by atoms with E-state index in [9.17, 15) is 9.18 Å². The number of halogens is 1. The van der Waals surface area contributed by atoms with Crippen molar-refractivity contribution in [3.63, 3.8) is 0 Å². The first-order valence-electron chi connectivity index (χ1n) is 5.10. The molecule has 1 aromatic carbocycles. The zero-order chi connectivity index (χ0) is 11.8. The number of nitriles is 1. The minimum absolute atomic E-state index is 0.122. The van der Waals surface area contributed by atoms with Crippen LogP contribution in [0.3, 0.4) is 0 Å². The van der Waals surface area contributed by atoms with Crippen molar-refractivity contribution in [2.75, 3.05) is 6.54 Å². The maximum absolute atomic E-state index is 12.6. The van der Waals surface area contributed by atoms with Crippen molar-refractivity contribution < 1.29 is 9.18 Å². The van der Waals surface area contributed by atoms with Crippen LogP contribution < -0.4 is 5.32 Å². The summed E-state index contributed by atoms with van der Waals surface area (Å²) in [6.45, 7) is 0.510. The molecule has 16 heavy (non-hydrogen) atoms. The molecule has 3 nitrogen and oxygen atoms in total. The van der Waals surface area contributed by atoms with Crippen molar-refractivity contribution in [1.82, 2.24) is 5.32 Å². The second-order valence-electron chi connectivity index (χ2n) is 3.38. The van der Waals surface area contributed by atoms with Gasteiger partial charge in [-0.05, 0) is 24.1 Å². The molecule has 0 fully saturated rings. The summed E-state index contributed by atoms with van der Waals surface area (Å²) in [4.78, 5) is 11.1. The van der Waals surface area contributed by atoms with Crippen molar-refractivity contribution in [1.29, 1.82) is 5.26 Å². The smallest absolute Gasteiger partial charge is 0.221 e. The third-order valence-electron chi connectivity index (χ3n) is 2.11. The first kappa shape index (κ1) is 12.2. The van der Waals surface area contributed by atoms with E-state index in [2.05, 4.69) is 5.32 Å². The predicted molar refractivity (Wildman–Crippen MR) is 58.0 cm³/mol. The molecule has 0 heterocycles. The average Bonchev–Trinajstić information content (AvgIpc) is 2.29. The highest BCUT2D eigenvalue weighted by atomic mass is 19.1. The van der Waals surface area contributed by atoms with E-state index in [1.165, 1.54) is 12.1 Å². The molecule has 0 aliphatic heterocycles. The SMILES string of the molecule is N#CCCC(=O)NCCc1ccc(F)cc1. The average molecular weight is 220 g/mol. The fourth-order valence-corrected chi connectivity index (χ4v) is 1.26. The third kappa shape index (κ3) is 4.56. The zero-order valence-electron chi connectivity index (χ0n) is 8.87. The third-order valence-corrected chi connectivity index (χ3v) is 2.11. The molecular formula is C12H13FN2O. The highest BCUT2D eigenvalue weighted by molar-refractivity contribution is 5.76. The number of hydrogen-bond acceptors (Lipinski definition) is 2. The number of rotatable bonds is 5. The van der Waals surface area contributed by atoms with Crippen LogP contribution in [0.25, 0.3) is 0 Å². The van der Waals surface area contributed by atoms with Crippen LogP contribution in [0.15, 0.2) is 24.3 Å². The molecular weight excluding hydrogens is 207 g/mol. The molecule has 0 atom stereocenters. The molecule has 0 saturated heterocycles. The largest absolute Gasteiger partial charge is 0.356 e. The Kier molecular flexibility index (Phi) is 5.00. The van der Waals surface area contributed by atoms with Gasteiger partial charge in [0.05, 0.1) is 6.07 Å². The normalized spacial score (nSPS) is 9.50. The van der Waals surface area contributed by atoms with Crippen LogP contribution >= 0.6 is 0 Å². The van der Waals surface area contributed by atoms with E-state index in [4.69, 9.17) is 5.26 Å². The van der Waals surface area contributed by atoms with Crippen LogP contribution in [0.5, 0.6) is 0 Å². The number of carbonyl (C=O) groups excluding carboxylic acids is 1. The molecule has 0 aliphatic rings. The van der Waals surface area contributed by atoms with E-state index in [0.717, 1.165) is 5.56 Å². The second kappa shape index (κ2) is 6.57. The van der Waals surface area contributed by atoms with E-state index in [0.29, 0.717) is 13.0 Å². The summed E-state index contributed by atoms with van der Waals surface area (Å²) < 4.78 is 12.6. The molecule has 0 saturated carbocycles. The van der Waals surface area contributed by atoms with Gasteiger partial charge in [0.1, 0.15) is 5.82 Å². The van der Waals surface area contributed by atoms with E-state index in [-0.39, 0.29) is 24.6 Å². The molecule has 0 radical (unpaired) electrons. The topological polar surface area (TPSA) is 52.9 Å². The Morgan fingerprint density at radius 1 is 1.38 bits per heavy atom. The number of nitrogens with one attached hydrogen (secondary N) is 1. The molecule has 0 aliphatic carbocycles. The van der Waals surface area contributed by atoms with Crippen LogP contribution in [0, 0.1) is 17.1 Å². The molecule has 0 aromatic heterocycles. The van der Waals surface area contributed by atoms with E-state index in [1.807, 2.05) is 6.07 Å². The van der Waals surface area contributed by atoms with Gasteiger partial charge in [-0.15, -0.1) is 0 Å². The monoisotopic (exact) mass is 220 g/mol. The first-order chi connectivity index (χ1) is 7.72. The van der Waals surface area contributed by atoms with Crippen molar-refractivity contribution in [3.8, 4) is 6.07 Å². The van der Waals surface area contributed by atoms with Gasteiger partial charge < -0.3 is 5.32 Å². The predicted octanol–water partition coefficient (Wildman–Crippen LogP) is 1.79. The minimum Gasteiger partial charge on any atom is -0.356 e. The van der Waals surface area contributed by atoms with Gasteiger partial charge >= 0.3 is 0 Å². The van der Waals surface area contributed by atoms with Crippen molar-refractivity contribution in [2.24, 2.45) is 0 Å². The molecule has 1 N–H and O–H groups in total. The molecule has 1 amide bonds. The van der Waals surface area contributed by atoms with Crippen molar-refractivity contribution in [2.45, 2.75) is 19.3 Å². The Morgan fingerprint density at radius 2 is 2.06 bits per heavy atom. The summed E-state index contributed by atoms with van der Waals surface area (Å²) in [5.74, 6) is -0.384. The Balaban J connectivity index is 2.23. The standard InChI is InChI=1S/C12H13FN2O/c13-11-5-3-10(4-6-11)7-9-15-12(16)2-1-8-14/h3-6H,1-2,7,9H2,(H,15,16). The number of benzene rings is 1. The molecule has 1 rings (SSSR count). The van der Waals surface area contributed by atoms with Crippen LogP contribution in [0.1, 0.15) is 18.4 Å². The van der Waals surface area contributed by atoms with Gasteiger partial charge in [-0.25, -0.2) is 4.39 Å². The second-order valence-corrected chi connectivity index (χ2v) is 3.38. The Bertz CT molecular complexity index is 381. The van der Waals surface area contributed by atoms with Gasteiger partial charge in [0.25, 0.3) is 0 Å². The van der Waals surface area contributed by atoms with E-state index < -0.39 is 0 Å². The summed E-state index contributed by atoms with van der Waals surface area (Å²) in [5, 5.41) is 11.0. The fourth-order valence-electron chi connectivity index (χ4n) is 1.26. The summed E-state index contributed by atoms with van der Waals surface area (Å²) in [7, 11) is 0. The highest BCUT2D eigenvalue weighted by Crippen LogP contribution is 2.02. The van der Waals surface area contributed by atoms with Crippen LogP contribution in [-0.2, 0) is 11.2 Å². The number of nitrogens with zero attached hydrogens (tertiary/aromatic N) is 1. The lowest BCUT2D eigenvalue weighted by Crippen LogP contribution is -2.25. The number of hydrogen-bond donors (Lipinski definition) is 1. The van der Waals surface area contributed by atoms with Crippen LogP contribution in [0.4, 0.5) is 4.39 Å². The maximum atomic E-state index is 12.6. The molecule has 1 aromatic rings. The van der Waals surface area contributed by atoms with E-state index in [1.54, 1.807) is 12.1 Å². The minimum atomic E-state index is -0.262. The molecule has 0 bridgehead atoms. The van der Waals surface area contributed by atoms with Gasteiger partial charge in [-0.2, -0.15) is 5.26 Å². The molecule has 4 heteroatoms. The quantitative estimate of drug-likeness (QED) is 0.822. The molecule has 0 unspecified atom stereocenters. The molecule has 84 valence electrons. The Morgan fingerprint density at radius 3 is 2.69 bits per heavy atom. The Labute approximate surface area is 93.9 Å². The summed E-state index contributed by atoms with van der Waals surface area (Å²) in [6, 6.07) is 8.08. The summed E-state index contributed by atoms with van der Waals surface area (Å²) >= 11 is 0. The lowest BCUT2D eigenvalue weighted by Gasteiger charge is -2.03. The van der Waals surface area contributed by atoms with Crippen molar-refractivity contribution in [3.05, 3.63) is 35.6 Å². The first-order valence-corrected chi connectivity index (χ1v) is 5.10. The lowest BCUT2D eigenvalue weighted by atomic mass is 10.1. The number of carbonyl (C=O) groups is 1. The molecule has 0 spiro atoms. The van der Waals surface area contributed by atoms with E-state index >= 15 is 0 Å². The summed E-state index contributed by atoms with van der Waals surface area (Å²) in [6.07, 6.45) is 1.14. The van der Waals surface area contributed by atoms with Gasteiger partial charge in [0, 0.05) is 19.4 Å². The van der Waals surface area contributed by atoms with Crippen molar-refractivity contribution >= 4 is 5.91 Å². The van der Waals surface area contributed by atoms with Crippen LogP contribution in [0.2, 0.25) is 0 Å². The lowest BCUT2D eigenvalue weighted by molar-refractivity contribution is -0.120. The van der Waals surface area contributed by atoms with Gasteiger partial charge in [0.2, 0.25) is 5.91 Å².